The van der Waals surface area contributed by atoms with Gasteiger partial charge >= 0.3 is 0 Å². The fourth-order valence-electron chi connectivity index (χ4n) is 1.32. The lowest BCUT2D eigenvalue weighted by molar-refractivity contribution is -0.384. The molecule has 1 aromatic rings. The van der Waals surface area contributed by atoms with Gasteiger partial charge < -0.3 is 15.4 Å². The van der Waals surface area contributed by atoms with Gasteiger partial charge in [0.25, 0.3) is 5.69 Å². The van der Waals surface area contributed by atoms with E-state index in [1.165, 1.54) is 6.07 Å². The molecule has 0 radical (unpaired) electrons. The van der Waals surface area contributed by atoms with Crippen molar-refractivity contribution in [1.82, 2.24) is 0 Å². The first kappa shape index (κ1) is 13.2. The van der Waals surface area contributed by atoms with Gasteiger partial charge in [-0.25, -0.2) is 4.39 Å². The van der Waals surface area contributed by atoms with Gasteiger partial charge in [0.2, 0.25) is 0 Å². The molecule has 6 nitrogen and oxygen atoms in total. The first-order chi connectivity index (χ1) is 7.97. The van der Waals surface area contributed by atoms with Crippen LogP contribution < -0.4 is 10.6 Å². The Hall–Kier alpha value is -1.89. The van der Waals surface area contributed by atoms with Crippen molar-refractivity contribution in [3.8, 4) is 0 Å². The van der Waals surface area contributed by atoms with Gasteiger partial charge in [-0.2, -0.15) is 0 Å². The largest absolute Gasteiger partial charge is 0.391 e. The summed E-state index contributed by atoms with van der Waals surface area (Å²) in [6.07, 6.45) is 0. The first-order valence-corrected chi connectivity index (χ1v) is 4.91. The minimum atomic E-state index is -0.793. The zero-order valence-corrected chi connectivity index (χ0v) is 9.64. The fourth-order valence-corrected chi connectivity index (χ4v) is 1.32. The number of ether oxygens (including phenoxy) is 1. The van der Waals surface area contributed by atoms with Gasteiger partial charge in [-0.05, 0) is 6.07 Å². The van der Waals surface area contributed by atoms with Crippen molar-refractivity contribution in [3.63, 3.8) is 0 Å². The molecule has 1 rings (SSSR count). The van der Waals surface area contributed by atoms with E-state index in [0.29, 0.717) is 18.8 Å². The molecule has 0 aliphatic heterocycles. The zero-order valence-electron chi connectivity index (χ0n) is 9.64. The number of rotatable bonds is 5. The summed E-state index contributed by atoms with van der Waals surface area (Å²) >= 11 is 0. The van der Waals surface area contributed by atoms with Crippen LogP contribution in [0, 0.1) is 15.9 Å². The fraction of sp³-hybridized carbons (Fsp3) is 0.400. The highest BCUT2D eigenvalue weighted by Crippen LogP contribution is 2.29. The Balaban J connectivity index is 3.05. The van der Waals surface area contributed by atoms with Gasteiger partial charge in [0.05, 0.1) is 11.5 Å². The highest BCUT2D eigenvalue weighted by molar-refractivity contribution is 5.67. The highest BCUT2D eigenvalue weighted by Gasteiger charge is 2.18. The van der Waals surface area contributed by atoms with Crippen molar-refractivity contribution >= 4 is 17.1 Å². The molecule has 94 valence electrons. The van der Waals surface area contributed by atoms with Crippen LogP contribution in [0.1, 0.15) is 0 Å². The van der Waals surface area contributed by atoms with Crippen LogP contribution >= 0.6 is 0 Å². The summed E-state index contributed by atoms with van der Waals surface area (Å²) in [5.74, 6) is -0.793. The molecule has 0 unspecified atom stereocenters. The Labute approximate surface area is 97.9 Å². The van der Waals surface area contributed by atoms with Crippen LogP contribution in [0.4, 0.5) is 21.5 Å². The van der Waals surface area contributed by atoms with Crippen molar-refractivity contribution in [3.05, 3.63) is 28.1 Å². The summed E-state index contributed by atoms with van der Waals surface area (Å²) in [5.41, 5.74) is 4.81. The molecule has 0 heterocycles. The first-order valence-electron chi connectivity index (χ1n) is 4.91. The Morgan fingerprint density at radius 3 is 2.76 bits per heavy atom. The Bertz CT molecular complexity index is 426. The number of methoxy groups -OCH3 is 1. The van der Waals surface area contributed by atoms with E-state index in [1.807, 2.05) is 0 Å². The Morgan fingerprint density at radius 2 is 2.24 bits per heavy atom. The molecule has 0 aliphatic carbocycles. The second-order valence-corrected chi connectivity index (χ2v) is 3.53. The number of hydrogen-bond acceptors (Lipinski definition) is 5. The minimum absolute atomic E-state index is 0.389. The second-order valence-electron chi connectivity index (χ2n) is 3.53. The van der Waals surface area contributed by atoms with Crippen LogP contribution in [0.25, 0.3) is 0 Å². The SMILES string of the molecule is COCCN(C)c1cc(F)c(N)c([N+](=O)[O-])c1. The number of likely N-dealkylation sites (N-methyl/N-ethyl adjacent to an activating group) is 1. The molecule has 2 N–H and O–H groups in total. The number of anilines is 2. The summed E-state index contributed by atoms with van der Waals surface area (Å²) < 4.78 is 18.3. The predicted octanol–water partition coefficient (Wildman–Crippen LogP) is 1.40. The monoisotopic (exact) mass is 243 g/mol. The Morgan fingerprint density at radius 1 is 1.59 bits per heavy atom. The quantitative estimate of drug-likeness (QED) is 0.480. The second kappa shape index (κ2) is 5.44. The maximum atomic E-state index is 13.4. The van der Waals surface area contributed by atoms with Crippen LogP contribution in [-0.2, 0) is 4.74 Å². The number of benzene rings is 1. The van der Waals surface area contributed by atoms with E-state index >= 15 is 0 Å². The van der Waals surface area contributed by atoms with Crippen molar-refractivity contribution in [2.75, 3.05) is 37.9 Å². The number of nitrogens with two attached hydrogens (primary N) is 1. The van der Waals surface area contributed by atoms with E-state index in [-0.39, 0.29) is 0 Å². The predicted molar refractivity (Wildman–Crippen MR) is 62.6 cm³/mol. The van der Waals surface area contributed by atoms with Gasteiger partial charge in [0.1, 0.15) is 5.69 Å². The van der Waals surface area contributed by atoms with Gasteiger partial charge in [0.15, 0.2) is 5.82 Å². The third kappa shape index (κ3) is 3.04. The number of nitro benzene ring substituents is 1. The molecular weight excluding hydrogens is 229 g/mol. The standard InChI is InChI=1S/C10H14FN3O3/c1-13(3-4-17-2)7-5-8(11)10(12)9(6-7)14(15)16/h5-6H,3-4,12H2,1-2H3. The van der Waals surface area contributed by atoms with E-state index in [1.54, 1.807) is 19.1 Å². The third-order valence-electron chi connectivity index (χ3n) is 2.36. The molecule has 0 spiro atoms. The van der Waals surface area contributed by atoms with Crippen LogP contribution in [0.2, 0.25) is 0 Å². The van der Waals surface area contributed by atoms with Crippen LogP contribution in [0.15, 0.2) is 12.1 Å². The average Bonchev–Trinajstić information content (AvgIpc) is 2.28. The van der Waals surface area contributed by atoms with Gasteiger partial charge in [0, 0.05) is 32.5 Å². The molecular formula is C10H14FN3O3. The molecule has 0 saturated carbocycles. The number of nitro groups is 1. The molecule has 0 atom stereocenters. The molecule has 0 fully saturated rings. The van der Waals surface area contributed by atoms with E-state index in [2.05, 4.69) is 0 Å². The molecule has 1 aromatic carbocycles. The molecule has 17 heavy (non-hydrogen) atoms. The summed E-state index contributed by atoms with van der Waals surface area (Å²) in [6.45, 7) is 0.938. The zero-order chi connectivity index (χ0) is 13.0. The van der Waals surface area contributed by atoms with E-state index in [0.717, 1.165) is 6.07 Å². The average molecular weight is 243 g/mol. The highest BCUT2D eigenvalue weighted by atomic mass is 19.1. The number of hydrogen-bond donors (Lipinski definition) is 1. The van der Waals surface area contributed by atoms with Crippen LogP contribution in [-0.4, -0.2) is 32.2 Å². The molecule has 0 aromatic heterocycles. The lowest BCUT2D eigenvalue weighted by atomic mass is 10.2. The Kier molecular flexibility index (Phi) is 4.22. The summed E-state index contributed by atoms with van der Waals surface area (Å²) in [4.78, 5) is 11.6. The molecule has 0 aliphatic rings. The van der Waals surface area contributed by atoms with Gasteiger partial charge in [-0.15, -0.1) is 0 Å². The van der Waals surface area contributed by atoms with E-state index < -0.39 is 22.1 Å². The molecule has 0 amide bonds. The maximum Gasteiger partial charge on any atom is 0.297 e. The van der Waals surface area contributed by atoms with Crippen molar-refractivity contribution in [2.45, 2.75) is 0 Å². The van der Waals surface area contributed by atoms with Crippen molar-refractivity contribution < 1.29 is 14.1 Å². The third-order valence-corrected chi connectivity index (χ3v) is 2.36. The van der Waals surface area contributed by atoms with E-state index in [4.69, 9.17) is 10.5 Å². The van der Waals surface area contributed by atoms with E-state index in [9.17, 15) is 14.5 Å². The maximum absolute atomic E-state index is 13.4. The summed E-state index contributed by atoms with van der Waals surface area (Å²) in [6, 6.07) is 2.41. The van der Waals surface area contributed by atoms with Crippen molar-refractivity contribution in [1.29, 1.82) is 0 Å². The van der Waals surface area contributed by atoms with Gasteiger partial charge in [-0.3, -0.25) is 10.1 Å². The van der Waals surface area contributed by atoms with Crippen LogP contribution in [0.3, 0.4) is 0 Å². The lowest BCUT2D eigenvalue weighted by Crippen LogP contribution is -2.22. The molecule has 7 heteroatoms. The van der Waals surface area contributed by atoms with Gasteiger partial charge in [-0.1, -0.05) is 0 Å². The normalized spacial score (nSPS) is 10.3. The minimum Gasteiger partial charge on any atom is -0.391 e. The lowest BCUT2D eigenvalue weighted by Gasteiger charge is -2.18. The van der Waals surface area contributed by atoms with Crippen LogP contribution in [0.5, 0.6) is 0 Å². The number of nitrogens with zero attached hydrogens (tertiary/aromatic N) is 2. The topological polar surface area (TPSA) is 81.6 Å². The number of halogens is 1. The summed E-state index contributed by atoms with van der Waals surface area (Å²) in [5, 5.41) is 10.7. The molecule has 0 saturated heterocycles. The smallest absolute Gasteiger partial charge is 0.297 e. The van der Waals surface area contributed by atoms with Crippen molar-refractivity contribution in [2.24, 2.45) is 0 Å². The number of nitrogen functional groups attached to an aromatic ring is 1. The summed E-state index contributed by atoms with van der Waals surface area (Å²) in [7, 11) is 3.23. The molecule has 0 bridgehead atoms.